The molecule has 5 nitrogen and oxygen atoms in total. The number of benzene rings is 1. The highest BCUT2D eigenvalue weighted by atomic mass is 79.9. The number of carbonyl (C=O) groups is 1. The molecule has 98 valence electrons. The zero-order chi connectivity index (χ0) is 13.8. The Morgan fingerprint density at radius 2 is 2.26 bits per heavy atom. The molecule has 0 bridgehead atoms. The molecule has 0 unspecified atom stereocenters. The van der Waals surface area contributed by atoms with Gasteiger partial charge in [0, 0.05) is 18.8 Å². The van der Waals surface area contributed by atoms with Gasteiger partial charge in [-0.2, -0.15) is 10.2 Å². The molecule has 0 aliphatic rings. The van der Waals surface area contributed by atoms with E-state index in [0.29, 0.717) is 10.0 Å². The van der Waals surface area contributed by atoms with Gasteiger partial charge in [0.05, 0.1) is 10.7 Å². The summed E-state index contributed by atoms with van der Waals surface area (Å²) < 4.78 is 15.3. The van der Waals surface area contributed by atoms with E-state index in [1.165, 1.54) is 17.0 Å². The highest BCUT2D eigenvalue weighted by molar-refractivity contribution is 9.10. The quantitative estimate of drug-likeness (QED) is 0.694. The van der Waals surface area contributed by atoms with Crippen molar-refractivity contribution in [3.8, 4) is 0 Å². The minimum atomic E-state index is -0.472. The van der Waals surface area contributed by atoms with E-state index < -0.39 is 11.7 Å². The normalized spacial score (nSPS) is 10.9. The minimum Gasteiger partial charge on any atom is -0.274 e. The maximum absolute atomic E-state index is 13.3. The fraction of sp³-hybridized carbons (Fsp3) is 0.0833. The van der Waals surface area contributed by atoms with Crippen molar-refractivity contribution in [3.05, 3.63) is 52.0 Å². The number of aromatic nitrogens is 2. The summed E-state index contributed by atoms with van der Waals surface area (Å²) in [5.74, 6) is -0.875. The Hall–Kier alpha value is -2.02. The third kappa shape index (κ3) is 3.25. The molecule has 0 aliphatic carbocycles. The van der Waals surface area contributed by atoms with Crippen LogP contribution in [0.3, 0.4) is 0 Å². The molecule has 1 N–H and O–H groups in total. The van der Waals surface area contributed by atoms with Crippen molar-refractivity contribution in [2.45, 2.75) is 0 Å². The van der Waals surface area contributed by atoms with Crippen LogP contribution in [-0.2, 0) is 7.05 Å². The SMILES string of the molecule is Cn1cc(Br)c(C(=O)N/N=C/c2ccccc2F)n1. The summed E-state index contributed by atoms with van der Waals surface area (Å²) in [4.78, 5) is 11.7. The van der Waals surface area contributed by atoms with Crippen LogP contribution in [0.15, 0.2) is 40.0 Å². The van der Waals surface area contributed by atoms with E-state index in [4.69, 9.17) is 0 Å². The average molecular weight is 325 g/mol. The molecule has 0 aliphatic heterocycles. The fourth-order valence-corrected chi connectivity index (χ4v) is 1.96. The zero-order valence-corrected chi connectivity index (χ0v) is 11.6. The van der Waals surface area contributed by atoms with Crippen LogP contribution in [0, 0.1) is 5.82 Å². The third-order valence-electron chi connectivity index (χ3n) is 2.27. The van der Waals surface area contributed by atoms with Gasteiger partial charge in [-0.1, -0.05) is 18.2 Å². The lowest BCUT2D eigenvalue weighted by molar-refractivity contribution is 0.0948. The number of rotatable bonds is 3. The van der Waals surface area contributed by atoms with Crippen molar-refractivity contribution in [1.29, 1.82) is 0 Å². The van der Waals surface area contributed by atoms with Gasteiger partial charge in [0.25, 0.3) is 5.91 Å². The predicted molar refractivity (Wildman–Crippen MR) is 72.4 cm³/mol. The van der Waals surface area contributed by atoms with E-state index in [9.17, 15) is 9.18 Å². The first-order chi connectivity index (χ1) is 9.08. The highest BCUT2D eigenvalue weighted by Crippen LogP contribution is 2.13. The van der Waals surface area contributed by atoms with Crippen molar-refractivity contribution in [2.24, 2.45) is 12.1 Å². The number of carbonyl (C=O) groups excluding carboxylic acids is 1. The molecule has 19 heavy (non-hydrogen) atoms. The maximum Gasteiger partial charge on any atom is 0.293 e. The molecular weight excluding hydrogens is 315 g/mol. The molecule has 2 aromatic rings. The first kappa shape index (κ1) is 13.4. The van der Waals surface area contributed by atoms with E-state index in [1.807, 2.05) is 0 Å². The van der Waals surface area contributed by atoms with Gasteiger partial charge in [0.15, 0.2) is 5.69 Å². The average Bonchev–Trinajstić information content (AvgIpc) is 2.71. The van der Waals surface area contributed by atoms with Crippen molar-refractivity contribution < 1.29 is 9.18 Å². The topological polar surface area (TPSA) is 59.3 Å². The smallest absolute Gasteiger partial charge is 0.274 e. The lowest BCUT2D eigenvalue weighted by Gasteiger charge is -1.97. The van der Waals surface area contributed by atoms with Crippen LogP contribution in [0.1, 0.15) is 16.1 Å². The first-order valence-corrected chi connectivity index (χ1v) is 6.14. The van der Waals surface area contributed by atoms with Crippen LogP contribution >= 0.6 is 15.9 Å². The molecule has 0 fully saturated rings. The number of halogens is 2. The van der Waals surface area contributed by atoms with Crippen LogP contribution < -0.4 is 5.43 Å². The number of aryl methyl sites for hydroxylation is 1. The lowest BCUT2D eigenvalue weighted by atomic mass is 10.2. The standard InChI is InChI=1S/C12H10BrFN4O/c1-18-7-9(13)11(17-18)12(19)16-15-6-8-4-2-3-5-10(8)14/h2-7H,1H3,(H,16,19)/b15-6+. The molecule has 1 heterocycles. The summed E-state index contributed by atoms with van der Waals surface area (Å²) in [6.07, 6.45) is 2.89. The van der Waals surface area contributed by atoms with Crippen LogP contribution in [0.5, 0.6) is 0 Å². The van der Waals surface area contributed by atoms with E-state index in [1.54, 1.807) is 31.4 Å². The van der Waals surface area contributed by atoms with Crippen molar-refractivity contribution in [2.75, 3.05) is 0 Å². The van der Waals surface area contributed by atoms with Crippen molar-refractivity contribution >= 4 is 28.1 Å². The highest BCUT2D eigenvalue weighted by Gasteiger charge is 2.13. The van der Waals surface area contributed by atoms with Gasteiger partial charge in [0.1, 0.15) is 5.82 Å². The molecular formula is C12H10BrFN4O. The second-order valence-corrected chi connectivity index (χ2v) is 4.57. The first-order valence-electron chi connectivity index (χ1n) is 5.35. The van der Waals surface area contributed by atoms with Gasteiger partial charge < -0.3 is 0 Å². The Morgan fingerprint density at radius 3 is 2.89 bits per heavy atom. The number of hydrazone groups is 1. The van der Waals surface area contributed by atoms with Crippen molar-refractivity contribution in [3.63, 3.8) is 0 Å². The van der Waals surface area contributed by atoms with Gasteiger partial charge in [-0.05, 0) is 22.0 Å². The fourth-order valence-electron chi connectivity index (χ4n) is 1.41. The number of hydrogen-bond acceptors (Lipinski definition) is 3. The van der Waals surface area contributed by atoms with Gasteiger partial charge in [-0.15, -0.1) is 0 Å². The van der Waals surface area contributed by atoms with E-state index >= 15 is 0 Å². The van der Waals surface area contributed by atoms with Crippen LogP contribution in [0.2, 0.25) is 0 Å². The van der Waals surface area contributed by atoms with E-state index in [0.717, 1.165) is 0 Å². The zero-order valence-electron chi connectivity index (χ0n) is 9.97. The van der Waals surface area contributed by atoms with Crippen LogP contribution in [0.4, 0.5) is 4.39 Å². The molecule has 1 aromatic heterocycles. The molecule has 1 aromatic carbocycles. The summed E-state index contributed by atoms with van der Waals surface area (Å²) in [6, 6.07) is 6.14. The van der Waals surface area contributed by atoms with Crippen LogP contribution in [0.25, 0.3) is 0 Å². The summed E-state index contributed by atoms with van der Waals surface area (Å²) >= 11 is 3.21. The maximum atomic E-state index is 13.3. The number of hydrogen-bond donors (Lipinski definition) is 1. The molecule has 0 saturated carbocycles. The Labute approximate surface area is 117 Å². The summed E-state index contributed by atoms with van der Waals surface area (Å²) in [5.41, 5.74) is 2.80. The number of nitrogens with zero attached hydrogens (tertiary/aromatic N) is 3. The van der Waals surface area contributed by atoms with Gasteiger partial charge in [-0.25, -0.2) is 9.82 Å². The largest absolute Gasteiger partial charge is 0.293 e. The predicted octanol–water partition coefficient (Wildman–Crippen LogP) is 2.09. The Kier molecular flexibility index (Phi) is 4.06. The molecule has 2 rings (SSSR count). The van der Waals surface area contributed by atoms with Crippen molar-refractivity contribution in [1.82, 2.24) is 15.2 Å². The summed E-state index contributed by atoms with van der Waals surface area (Å²) in [6.45, 7) is 0. The molecule has 0 saturated heterocycles. The molecule has 0 radical (unpaired) electrons. The van der Waals surface area contributed by atoms with Gasteiger partial charge >= 0.3 is 0 Å². The van der Waals surface area contributed by atoms with Crippen LogP contribution in [-0.4, -0.2) is 21.9 Å². The molecule has 1 amide bonds. The monoisotopic (exact) mass is 324 g/mol. The van der Waals surface area contributed by atoms with Gasteiger partial charge in [-0.3, -0.25) is 9.48 Å². The Balaban J connectivity index is 2.05. The van der Waals surface area contributed by atoms with E-state index in [-0.39, 0.29) is 5.69 Å². The third-order valence-corrected chi connectivity index (χ3v) is 2.85. The second kappa shape index (κ2) is 5.75. The summed E-state index contributed by atoms with van der Waals surface area (Å²) in [7, 11) is 1.70. The molecule has 0 spiro atoms. The Bertz CT molecular complexity index is 638. The number of amides is 1. The van der Waals surface area contributed by atoms with E-state index in [2.05, 4.69) is 31.6 Å². The minimum absolute atomic E-state index is 0.216. The molecule has 0 atom stereocenters. The number of nitrogens with one attached hydrogen (secondary N) is 1. The molecule has 7 heteroatoms. The lowest BCUT2D eigenvalue weighted by Crippen LogP contribution is -2.19. The Morgan fingerprint density at radius 1 is 1.53 bits per heavy atom. The summed E-state index contributed by atoms with van der Waals surface area (Å²) in [5, 5.41) is 7.66. The second-order valence-electron chi connectivity index (χ2n) is 3.72. The van der Waals surface area contributed by atoms with Gasteiger partial charge in [0.2, 0.25) is 0 Å².